The van der Waals surface area contributed by atoms with Crippen molar-refractivity contribution in [1.82, 2.24) is 9.55 Å². The van der Waals surface area contributed by atoms with Crippen LogP contribution in [-0.4, -0.2) is 49.0 Å². The summed E-state index contributed by atoms with van der Waals surface area (Å²) in [5.74, 6) is -1.24. The highest BCUT2D eigenvalue weighted by Crippen LogP contribution is 2.22. The Bertz CT molecular complexity index is 1160. The van der Waals surface area contributed by atoms with Gasteiger partial charge in [0.2, 0.25) is 0 Å². The minimum Gasteiger partial charge on any atom is -0.451 e. The van der Waals surface area contributed by atoms with Crippen LogP contribution in [0.2, 0.25) is 0 Å². The maximum atomic E-state index is 12.5. The van der Waals surface area contributed by atoms with E-state index >= 15 is 0 Å². The van der Waals surface area contributed by atoms with Gasteiger partial charge < -0.3 is 10.1 Å². The van der Waals surface area contributed by atoms with Crippen LogP contribution in [0.5, 0.6) is 0 Å². The fourth-order valence-electron chi connectivity index (χ4n) is 2.64. The Hall–Kier alpha value is -3.11. The van der Waals surface area contributed by atoms with Crippen LogP contribution in [0.25, 0.3) is 5.69 Å². The summed E-state index contributed by atoms with van der Waals surface area (Å²) < 4.78 is 29.8. The molecule has 0 unspecified atom stereocenters. The predicted molar refractivity (Wildman–Crippen MR) is 114 cm³/mol. The van der Waals surface area contributed by atoms with Gasteiger partial charge in [0.1, 0.15) is 0 Å². The lowest BCUT2D eigenvalue weighted by Crippen LogP contribution is -2.22. The number of nitrogens with zero attached hydrogens (tertiary/aromatic N) is 2. The van der Waals surface area contributed by atoms with E-state index in [1.165, 1.54) is 42.2 Å². The highest BCUT2D eigenvalue weighted by molar-refractivity contribution is 7.98. The van der Waals surface area contributed by atoms with Crippen molar-refractivity contribution in [2.45, 2.75) is 10.1 Å². The maximum Gasteiger partial charge on any atom is 0.357 e. The SMILES string of the molecule is CSc1ncc(C(=O)OCC(=O)Nc2ccc(S(C)(=O)=O)cc2)n1-c1ccccc1. The topological polar surface area (TPSA) is 107 Å². The van der Waals surface area contributed by atoms with E-state index in [9.17, 15) is 18.0 Å². The van der Waals surface area contributed by atoms with Crippen molar-refractivity contribution in [3.05, 3.63) is 66.5 Å². The van der Waals surface area contributed by atoms with Gasteiger partial charge in [0, 0.05) is 17.6 Å². The molecule has 1 N–H and O–H groups in total. The molecule has 0 fully saturated rings. The van der Waals surface area contributed by atoms with E-state index in [1.807, 2.05) is 36.6 Å². The molecule has 2 aromatic carbocycles. The lowest BCUT2D eigenvalue weighted by Gasteiger charge is -2.11. The Morgan fingerprint density at radius 1 is 1.10 bits per heavy atom. The quantitative estimate of drug-likeness (QED) is 0.440. The molecule has 0 saturated carbocycles. The second kappa shape index (κ2) is 9.14. The minimum atomic E-state index is -3.32. The predicted octanol–water partition coefficient (Wildman–Crippen LogP) is 2.79. The van der Waals surface area contributed by atoms with Gasteiger partial charge in [-0.05, 0) is 42.7 Å². The third-order valence-corrected chi connectivity index (χ3v) is 5.82. The molecule has 0 aliphatic carbocycles. The first-order valence-corrected chi connectivity index (χ1v) is 11.9. The summed E-state index contributed by atoms with van der Waals surface area (Å²) in [6, 6.07) is 14.9. The van der Waals surface area contributed by atoms with Crippen LogP contribution >= 0.6 is 11.8 Å². The molecule has 0 radical (unpaired) electrons. The number of hydrogen-bond donors (Lipinski definition) is 1. The summed E-state index contributed by atoms with van der Waals surface area (Å²) >= 11 is 1.38. The van der Waals surface area contributed by atoms with E-state index in [4.69, 9.17) is 4.74 Å². The Kier molecular flexibility index (Phi) is 6.58. The zero-order valence-electron chi connectivity index (χ0n) is 16.2. The summed E-state index contributed by atoms with van der Waals surface area (Å²) in [7, 11) is -3.32. The van der Waals surface area contributed by atoms with E-state index in [2.05, 4.69) is 10.3 Å². The van der Waals surface area contributed by atoms with Gasteiger partial charge in [0.15, 0.2) is 27.3 Å². The molecule has 0 bridgehead atoms. The first-order chi connectivity index (χ1) is 14.3. The van der Waals surface area contributed by atoms with Crippen LogP contribution in [0, 0.1) is 0 Å². The fourth-order valence-corrected chi connectivity index (χ4v) is 3.81. The molecule has 0 aliphatic heterocycles. The number of carbonyl (C=O) groups is 2. The number of rotatable bonds is 7. The third-order valence-electron chi connectivity index (χ3n) is 4.04. The number of anilines is 1. The number of carbonyl (C=O) groups excluding carboxylic acids is 2. The molecule has 156 valence electrons. The van der Waals surface area contributed by atoms with E-state index in [-0.39, 0.29) is 10.6 Å². The molecule has 1 aromatic heterocycles. The highest BCUT2D eigenvalue weighted by Gasteiger charge is 2.20. The molecule has 0 aliphatic rings. The minimum absolute atomic E-state index is 0.144. The molecule has 0 saturated heterocycles. The lowest BCUT2D eigenvalue weighted by molar-refractivity contribution is -0.119. The molecule has 0 atom stereocenters. The normalized spacial score (nSPS) is 11.1. The molecule has 0 spiro atoms. The Labute approximate surface area is 178 Å². The number of hydrogen-bond acceptors (Lipinski definition) is 7. The molecule has 3 rings (SSSR count). The van der Waals surface area contributed by atoms with Gasteiger partial charge in [-0.25, -0.2) is 18.2 Å². The second-order valence-electron chi connectivity index (χ2n) is 6.22. The summed E-state index contributed by atoms with van der Waals surface area (Å²) in [5.41, 5.74) is 1.35. The Morgan fingerprint density at radius 3 is 2.37 bits per heavy atom. The van der Waals surface area contributed by atoms with Crippen molar-refractivity contribution in [2.75, 3.05) is 24.4 Å². The van der Waals surface area contributed by atoms with Crippen LogP contribution in [-0.2, 0) is 19.4 Å². The van der Waals surface area contributed by atoms with Gasteiger partial charge in [-0.2, -0.15) is 0 Å². The van der Waals surface area contributed by atoms with Gasteiger partial charge in [0.05, 0.1) is 11.1 Å². The van der Waals surface area contributed by atoms with Crippen molar-refractivity contribution < 1.29 is 22.7 Å². The van der Waals surface area contributed by atoms with Gasteiger partial charge in [-0.3, -0.25) is 9.36 Å². The summed E-state index contributed by atoms with van der Waals surface area (Å²) in [4.78, 5) is 29.0. The summed E-state index contributed by atoms with van der Waals surface area (Å²) in [6.45, 7) is -0.499. The molecule has 3 aromatic rings. The number of amides is 1. The van der Waals surface area contributed by atoms with Gasteiger partial charge in [-0.1, -0.05) is 30.0 Å². The van der Waals surface area contributed by atoms with E-state index in [0.717, 1.165) is 11.9 Å². The average molecular weight is 446 g/mol. The molecular formula is C20H19N3O5S2. The van der Waals surface area contributed by atoms with E-state index in [0.29, 0.717) is 10.8 Å². The number of aromatic nitrogens is 2. The maximum absolute atomic E-state index is 12.5. The fraction of sp³-hybridized carbons (Fsp3) is 0.150. The first-order valence-electron chi connectivity index (χ1n) is 8.74. The van der Waals surface area contributed by atoms with Crippen LogP contribution in [0.1, 0.15) is 10.5 Å². The smallest absolute Gasteiger partial charge is 0.357 e. The lowest BCUT2D eigenvalue weighted by atomic mass is 10.3. The highest BCUT2D eigenvalue weighted by atomic mass is 32.2. The van der Waals surface area contributed by atoms with Crippen molar-refractivity contribution in [3.63, 3.8) is 0 Å². The number of thioether (sulfide) groups is 1. The Morgan fingerprint density at radius 2 is 1.77 bits per heavy atom. The molecule has 1 heterocycles. The molecule has 30 heavy (non-hydrogen) atoms. The Balaban J connectivity index is 1.66. The standard InChI is InChI=1S/C20H19N3O5S2/c1-29-20-21-12-17(23(20)15-6-4-3-5-7-15)19(25)28-13-18(24)22-14-8-10-16(11-9-14)30(2,26)27/h3-12H,13H2,1-2H3,(H,22,24). The van der Waals surface area contributed by atoms with Crippen molar-refractivity contribution in [1.29, 1.82) is 0 Å². The zero-order valence-corrected chi connectivity index (χ0v) is 17.9. The van der Waals surface area contributed by atoms with Crippen molar-refractivity contribution in [2.24, 2.45) is 0 Å². The molecule has 10 heteroatoms. The summed E-state index contributed by atoms with van der Waals surface area (Å²) in [5, 5.41) is 3.17. The molecule has 1 amide bonds. The van der Waals surface area contributed by atoms with E-state index < -0.39 is 28.3 Å². The first kappa shape index (κ1) is 21.6. The number of imidazole rings is 1. The van der Waals surface area contributed by atoms with Crippen LogP contribution in [0.15, 0.2) is 70.8 Å². The van der Waals surface area contributed by atoms with Gasteiger partial charge in [-0.15, -0.1) is 0 Å². The zero-order chi connectivity index (χ0) is 21.7. The largest absolute Gasteiger partial charge is 0.451 e. The summed E-state index contributed by atoms with van der Waals surface area (Å²) in [6.07, 6.45) is 4.35. The van der Waals surface area contributed by atoms with E-state index in [1.54, 1.807) is 4.57 Å². The van der Waals surface area contributed by atoms with Gasteiger partial charge >= 0.3 is 5.97 Å². The average Bonchev–Trinajstić information content (AvgIpc) is 3.16. The number of nitrogens with one attached hydrogen (secondary N) is 1. The van der Waals surface area contributed by atoms with Crippen molar-refractivity contribution in [3.8, 4) is 5.69 Å². The molecular weight excluding hydrogens is 426 g/mol. The monoisotopic (exact) mass is 445 g/mol. The second-order valence-corrected chi connectivity index (χ2v) is 9.01. The number of benzene rings is 2. The van der Waals surface area contributed by atoms with Crippen LogP contribution in [0.3, 0.4) is 0 Å². The number of ether oxygens (including phenoxy) is 1. The van der Waals surface area contributed by atoms with Gasteiger partial charge in [0.25, 0.3) is 5.91 Å². The molecule has 8 nitrogen and oxygen atoms in total. The van der Waals surface area contributed by atoms with Crippen LogP contribution < -0.4 is 5.32 Å². The number of sulfone groups is 1. The van der Waals surface area contributed by atoms with Crippen molar-refractivity contribution >= 4 is 39.2 Å². The third kappa shape index (κ3) is 5.08. The number of para-hydroxylation sites is 1. The van der Waals surface area contributed by atoms with Crippen LogP contribution in [0.4, 0.5) is 5.69 Å². The number of esters is 1.